The van der Waals surface area contributed by atoms with Gasteiger partial charge in [-0.1, -0.05) is 37.5 Å². The van der Waals surface area contributed by atoms with E-state index in [4.69, 9.17) is 0 Å². The van der Waals surface area contributed by atoms with Crippen molar-refractivity contribution in [2.24, 2.45) is 0 Å². The van der Waals surface area contributed by atoms with Gasteiger partial charge in [0.2, 0.25) is 0 Å². The summed E-state index contributed by atoms with van der Waals surface area (Å²) in [6, 6.07) is 10.7. The lowest BCUT2D eigenvalue weighted by Gasteiger charge is -2.32. The topological polar surface area (TPSA) is 46.8 Å². The average Bonchev–Trinajstić information content (AvgIpc) is 3.07. The molecule has 2 aromatic heterocycles. The number of para-hydroxylation sites is 1. The molecule has 1 aliphatic rings. The summed E-state index contributed by atoms with van der Waals surface area (Å²) in [6.45, 7) is 0. The Balaban J connectivity index is 1.76. The number of anilines is 1. The zero-order chi connectivity index (χ0) is 15.6. The van der Waals surface area contributed by atoms with E-state index in [1.807, 2.05) is 41.2 Å². The molecule has 0 spiro atoms. The highest BCUT2D eigenvalue weighted by atomic mass is 15.3. The van der Waals surface area contributed by atoms with Crippen LogP contribution in [0.1, 0.15) is 32.1 Å². The Morgan fingerprint density at radius 1 is 1.04 bits per heavy atom. The molecular formula is C18H21N5. The summed E-state index contributed by atoms with van der Waals surface area (Å²) in [4.78, 5) is 11.3. The molecule has 0 N–H and O–H groups in total. The molecule has 5 nitrogen and oxygen atoms in total. The molecule has 23 heavy (non-hydrogen) atoms. The highest BCUT2D eigenvalue weighted by Gasteiger charge is 2.22. The van der Waals surface area contributed by atoms with E-state index in [9.17, 15) is 0 Å². The average molecular weight is 307 g/mol. The third-order valence-electron chi connectivity index (χ3n) is 4.80. The molecule has 0 bridgehead atoms. The van der Waals surface area contributed by atoms with Crippen LogP contribution >= 0.6 is 0 Å². The Labute approximate surface area is 136 Å². The van der Waals surface area contributed by atoms with Crippen LogP contribution in [0.3, 0.4) is 0 Å². The van der Waals surface area contributed by atoms with Gasteiger partial charge in [0.05, 0.1) is 17.3 Å². The molecular weight excluding hydrogens is 286 g/mol. The maximum atomic E-state index is 4.55. The molecule has 5 heteroatoms. The maximum Gasteiger partial charge on any atom is 0.168 e. The van der Waals surface area contributed by atoms with Gasteiger partial charge in [-0.2, -0.15) is 5.10 Å². The summed E-state index contributed by atoms with van der Waals surface area (Å²) < 4.78 is 1.88. The van der Waals surface area contributed by atoms with Crippen LogP contribution < -0.4 is 4.90 Å². The van der Waals surface area contributed by atoms with E-state index in [1.165, 1.54) is 32.1 Å². The van der Waals surface area contributed by atoms with Crippen molar-refractivity contribution in [3.8, 4) is 5.69 Å². The van der Waals surface area contributed by atoms with Gasteiger partial charge in [0.25, 0.3) is 0 Å². The molecule has 1 saturated carbocycles. The van der Waals surface area contributed by atoms with E-state index in [1.54, 1.807) is 6.33 Å². The first kappa shape index (κ1) is 14.2. The minimum absolute atomic E-state index is 0.571. The van der Waals surface area contributed by atoms with Crippen molar-refractivity contribution in [3.63, 3.8) is 0 Å². The van der Waals surface area contributed by atoms with Crippen molar-refractivity contribution in [2.75, 3.05) is 11.9 Å². The molecule has 3 aromatic rings. The zero-order valence-corrected chi connectivity index (χ0v) is 13.4. The molecule has 118 valence electrons. The SMILES string of the molecule is CN(c1ncnc2c1cnn2-c1ccccc1)C1CCCCC1. The van der Waals surface area contributed by atoms with Gasteiger partial charge in [0.15, 0.2) is 5.65 Å². The van der Waals surface area contributed by atoms with Gasteiger partial charge in [-0.3, -0.25) is 0 Å². The molecule has 1 fully saturated rings. The lowest BCUT2D eigenvalue weighted by Crippen LogP contribution is -2.34. The Bertz CT molecular complexity index is 790. The standard InChI is InChI=1S/C18H21N5/c1-22(14-8-4-2-5-9-14)17-16-12-21-23(18(16)20-13-19-17)15-10-6-3-7-11-15/h3,6-7,10-14H,2,4-5,8-9H2,1H3. The van der Waals surface area contributed by atoms with Gasteiger partial charge in [-0.05, 0) is 25.0 Å². The number of fused-ring (bicyclic) bond motifs is 1. The Morgan fingerprint density at radius 3 is 2.61 bits per heavy atom. The molecule has 0 atom stereocenters. The Kier molecular flexibility index (Phi) is 3.69. The highest BCUT2D eigenvalue weighted by molar-refractivity contribution is 5.87. The summed E-state index contributed by atoms with van der Waals surface area (Å²) in [5, 5.41) is 5.56. The van der Waals surface area contributed by atoms with Gasteiger partial charge in [0, 0.05) is 13.1 Å². The minimum Gasteiger partial charge on any atom is -0.356 e. The third kappa shape index (κ3) is 2.56. The Morgan fingerprint density at radius 2 is 1.83 bits per heavy atom. The monoisotopic (exact) mass is 307 g/mol. The first-order valence-corrected chi connectivity index (χ1v) is 8.31. The number of rotatable bonds is 3. The van der Waals surface area contributed by atoms with Crippen molar-refractivity contribution in [1.29, 1.82) is 0 Å². The van der Waals surface area contributed by atoms with E-state index in [0.29, 0.717) is 6.04 Å². The fraction of sp³-hybridized carbons (Fsp3) is 0.389. The van der Waals surface area contributed by atoms with E-state index in [0.717, 1.165) is 22.5 Å². The van der Waals surface area contributed by atoms with Crippen LogP contribution in [0.15, 0.2) is 42.9 Å². The van der Waals surface area contributed by atoms with E-state index in [2.05, 4.69) is 27.0 Å². The van der Waals surface area contributed by atoms with Gasteiger partial charge >= 0.3 is 0 Å². The highest BCUT2D eigenvalue weighted by Crippen LogP contribution is 2.29. The number of hydrogen-bond acceptors (Lipinski definition) is 4. The summed E-state index contributed by atoms with van der Waals surface area (Å²) >= 11 is 0. The van der Waals surface area contributed by atoms with Crippen LogP contribution in [-0.2, 0) is 0 Å². The predicted molar refractivity (Wildman–Crippen MR) is 91.9 cm³/mol. The maximum absolute atomic E-state index is 4.55. The summed E-state index contributed by atoms with van der Waals surface area (Å²) in [6.07, 6.45) is 10.0. The largest absolute Gasteiger partial charge is 0.356 e. The quantitative estimate of drug-likeness (QED) is 0.742. The first-order valence-electron chi connectivity index (χ1n) is 8.31. The Hall–Kier alpha value is -2.43. The van der Waals surface area contributed by atoms with Crippen molar-refractivity contribution < 1.29 is 0 Å². The van der Waals surface area contributed by atoms with Gasteiger partial charge in [0.1, 0.15) is 12.1 Å². The van der Waals surface area contributed by atoms with E-state index < -0.39 is 0 Å². The molecule has 2 heterocycles. The van der Waals surface area contributed by atoms with Crippen LogP contribution in [0, 0.1) is 0 Å². The van der Waals surface area contributed by atoms with Crippen molar-refractivity contribution in [2.45, 2.75) is 38.1 Å². The molecule has 0 saturated heterocycles. The fourth-order valence-electron chi connectivity index (χ4n) is 3.51. The van der Waals surface area contributed by atoms with E-state index in [-0.39, 0.29) is 0 Å². The van der Waals surface area contributed by atoms with Crippen LogP contribution in [0.5, 0.6) is 0 Å². The lowest BCUT2D eigenvalue weighted by atomic mass is 9.94. The molecule has 0 aliphatic heterocycles. The molecule has 0 unspecified atom stereocenters. The van der Waals surface area contributed by atoms with Crippen LogP contribution in [0.2, 0.25) is 0 Å². The second-order valence-electron chi connectivity index (χ2n) is 6.23. The fourth-order valence-corrected chi connectivity index (χ4v) is 3.51. The number of hydrogen-bond donors (Lipinski definition) is 0. The summed E-state index contributed by atoms with van der Waals surface area (Å²) in [7, 11) is 2.15. The second kappa shape index (κ2) is 5.99. The van der Waals surface area contributed by atoms with Crippen molar-refractivity contribution in [1.82, 2.24) is 19.7 Å². The number of benzene rings is 1. The summed E-state index contributed by atoms with van der Waals surface area (Å²) in [5.74, 6) is 0.990. The number of nitrogens with zero attached hydrogens (tertiary/aromatic N) is 5. The van der Waals surface area contributed by atoms with Gasteiger partial charge in [-0.15, -0.1) is 0 Å². The molecule has 1 aromatic carbocycles. The number of aromatic nitrogens is 4. The van der Waals surface area contributed by atoms with Gasteiger partial charge < -0.3 is 4.90 Å². The normalized spacial score (nSPS) is 15.9. The summed E-state index contributed by atoms with van der Waals surface area (Å²) in [5.41, 5.74) is 1.89. The van der Waals surface area contributed by atoms with E-state index >= 15 is 0 Å². The van der Waals surface area contributed by atoms with Crippen LogP contribution in [0.4, 0.5) is 5.82 Å². The van der Waals surface area contributed by atoms with Crippen LogP contribution in [-0.4, -0.2) is 32.8 Å². The molecule has 0 amide bonds. The predicted octanol–water partition coefficient (Wildman–Crippen LogP) is 3.58. The minimum atomic E-state index is 0.571. The molecule has 4 rings (SSSR count). The third-order valence-corrected chi connectivity index (χ3v) is 4.80. The van der Waals surface area contributed by atoms with Crippen LogP contribution in [0.25, 0.3) is 16.7 Å². The second-order valence-corrected chi connectivity index (χ2v) is 6.23. The van der Waals surface area contributed by atoms with Gasteiger partial charge in [-0.25, -0.2) is 14.6 Å². The first-order chi connectivity index (χ1) is 11.3. The zero-order valence-electron chi connectivity index (χ0n) is 13.4. The van der Waals surface area contributed by atoms with Crippen molar-refractivity contribution >= 4 is 16.9 Å². The molecule has 1 aliphatic carbocycles. The smallest absolute Gasteiger partial charge is 0.168 e. The lowest BCUT2D eigenvalue weighted by molar-refractivity contribution is 0.426. The molecule has 0 radical (unpaired) electrons. The van der Waals surface area contributed by atoms with Crippen molar-refractivity contribution in [3.05, 3.63) is 42.9 Å².